The molecule has 0 radical (unpaired) electrons. The summed E-state index contributed by atoms with van der Waals surface area (Å²) in [4.78, 5) is 28.4. The number of hydrogen-bond acceptors (Lipinski definition) is 4. The molecule has 0 aromatic heterocycles. The van der Waals surface area contributed by atoms with Crippen LogP contribution in [0.2, 0.25) is 0 Å². The third-order valence-electron chi connectivity index (χ3n) is 5.73. The molecule has 0 bridgehead atoms. The minimum atomic E-state index is -0.379. The van der Waals surface area contributed by atoms with Gasteiger partial charge in [-0.3, -0.25) is 9.59 Å². The van der Waals surface area contributed by atoms with Gasteiger partial charge in [-0.1, -0.05) is 62.7 Å². The molecule has 0 aliphatic carbocycles. The van der Waals surface area contributed by atoms with Gasteiger partial charge in [0, 0.05) is 5.69 Å². The Labute approximate surface area is 201 Å². The standard InChI is InChI=1S/C29H30N2O3/c1-5-21-8-12-23(13-9-21)30-27-26(22-10-6-20(4)7-11-22)28(32)31(29(27)33)24-14-16-25(17-15-24)34-18-19(2)3/h6-17,19,30H,5,18H2,1-4H3. The first-order valence-corrected chi connectivity index (χ1v) is 11.7. The van der Waals surface area contributed by atoms with Gasteiger partial charge in [0.25, 0.3) is 11.8 Å². The molecule has 5 heteroatoms. The van der Waals surface area contributed by atoms with Crippen molar-refractivity contribution in [2.75, 3.05) is 16.8 Å². The zero-order chi connectivity index (χ0) is 24.2. The molecule has 0 spiro atoms. The molecule has 1 N–H and O–H groups in total. The fourth-order valence-corrected chi connectivity index (χ4v) is 3.79. The maximum absolute atomic E-state index is 13.6. The minimum absolute atomic E-state index is 0.276. The van der Waals surface area contributed by atoms with Gasteiger partial charge < -0.3 is 10.1 Å². The Morgan fingerprint density at radius 3 is 2.09 bits per heavy atom. The SMILES string of the molecule is CCc1ccc(NC2=C(c3ccc(C)cc3)C(=O)N(c3ccc(OCC(C)C)cc3)C2=O)cc1. The van der Waals surface area contributed by atoms with Gasteiger partial charge in [0.1, 0.15) is 11.4 Å². The molecule has 1 aliphatic heterocycles. The molecule has 2 amide bonds. The molecule has 5 nitrogen and oxygen atoms in total. The number of aryl methyl sites for hydroxylation is 2. The van der Waals surface area contributed by atoms with E-state index in [1.54, 1.807) is 24.3 Å². The van der Waals surface area contributed by atoms with Gasteiger partial charge >= 0.3 is 0 Å². The topological polar surface area (TPSA) is 58.6 Å². The summed E-state index contributed by atoms with van der Waals surface area (Å²) in [6.45, 7) is 8.85. The summed E-state index contributed by atoms with van der Waals surface area (Å²) in [7, 11) is 0. The van der Waals surface area contributed by atoms with E-state index >= 15 is 0 Å². The Bertz CT molecular complexity index is 1210. The lowest BCUT2D eigenvalue weighted by molar-refractivity contribution is -0.120. The summed E-state index contributed by atoms with van der Waals surface area (Å²) in [5, 5.41) is 3.22. The monoisotopic (exact) mass is 454 g/mol. The molecule has 174 valence electrons. The summed E-state index contributed by atoms with van der Waals surface area (Å²) in [5.41, 5.74) is 4.90. The quantitative estimate of drug-likeness (QED) is 0.425. The van der Waals surface area contributed by atoms with E-state index in [4.69, 9.17) is 4.74 Å². The highest BCUT2D eigenvalue weighted by molar-refractivity contribution is 6.46. The summed E-state index contributed by atoms with van der Waals surface area (Å²) in [6.07, 6.45) is 0.930. The van der Waals surface area contributed by atoms with E-state index in [2.05, 4.69) is 26.1 Å². The van der Waals surface area contributed by atoms with E-state index in [-0.39, 0.29) is 17.5 Å². The third kappa shape index (κ3) is 4.88. The molecule has 0 fully saturated rings. The van der Waals surface area contributed by atoms with Crippen molar-refractivity contribution in [2.45, 2.75) is 34.1 Å². The normalized spacial score (nSPS) is 13.7. The van der Waals surface area contributed by atoms with E-state index in [1.165, 1.54) is 10.5 Å². The fraction of sp³-hybridized carbons (Fsp3) is 0.241. The van der Waals surface area contributed by atoms with Crippen molar-refractivity contribution < 1.29 is 14.3 Å². The molecule has 0 unspecified atom stereocenters. The van der Waals surface area contributed by atoms with Crippen LogP contribution in [0.1, 0.15) is 37.5 Å². The third-order valence-corrected chi connectivity index (χ3v) is 5.73. The Morgan fingerprint density at radius 1 is 0.853 bits per heavy atom. The number of rotatable bonds is 8. The average molecular weight is 455 g/mol. The summed E-state index contributed by atoms with van der Waals surface area (Å²) in [5.74, 6) is 0.383. The molecular weight excluding hydrogens is 424 g/mol. The number of anilines is 2. The lowest BCUT2D eigenvalue weighted by atomic mass is 10.0. The smallest absolute Gasteiger partial charge is 0.282 e. The number of benzene rings is 3. The Kier molecular flexibility index (Phi) is 6.82. The zero-order valence-electron chi connectivity index (χ0n) is 20.1. The van der Waals surface area contributed by atoms with Crippen molar-refractivity contribution in [3.63, 3.8) is 0 Å². The maximum atomic E-state index is 13.6. The Hall–Kier alpha value is -3.86. The van der Waals surface area contributed by atoms with Crippen molar-refractivity contribution >= 4 is 28.8 Å². The van der Waals surface area contributed by atoms with Crippen LogP contribution in [0.4, 0.5) is 11.4 Å². The number of ether oxygens (including phenoxy) is 1. The van der Waals surface area contributed by atoms with Crippen molar-refractivity contribution in [3.8, 4) is 5.75 Å². The lowest BCUT2D eigenvalue weighted by Crippen LogP contribution is -2.32. The molecule has 1 heterocycles. The van der Waals surface area contributed by atoms with Gasteiger partial charge in [0.05, 0.1) is 17.9 Å². The molecule has 0 saturated carbocycles. The van der Waals surface area contributed by atoms with Gasteiger partial charge in [-0.05, 0) is 66.8 Å². The van der Waals surface area contributed by atoms with Crippen molar-refractivity contribution in [2.24, 2.45) is 5.92 Å². The number of nitrogens with zero attached hydrogens (tertiary/aromatic N) is 1. The van der Waals surface area contributed by atoms with E-state index < -0.39 is 0 Å². The predicted molar refractivity (Wildman–Crippen MR) is 137 cm³/mol. The fourth-order valence-electron chi connectivity index (χ4n) is 3.79. The van der Waals surface area contributed by atoms with Crippen LogP contribution < -0.4 is 15.0 Å². The van der Waals surface area contributed by atoms with Crippen molar-refractivity contribution in [1.29, 1.82) is 0 Å². The van der Waals surface area contributed by atoms with Crippen LogP contribution in [0.25, 0.3) is 5.57 Å². The summed E-state index contributed by atoms with van der Waals surface area (Å²) < 4.78 is 5.75. The largest absolute Gasteiger partial charge is 0.493 e. The van der Waals surface area contributed by atoms with E-state index in [1.807, 2.05) is 55.5 Å². The van der Waals surface area contributed by atoms with Gasteiger partial charge in [-0.15, -0.1) is 0 Å². The van der Waals surface area contributed by atoms with E-state index in [9.17, 15) is 9.59 Å². The summed E-state index contributed by atoms with van der Waals surface area (Å²) >= 11 is 0. The molecule has 0 atom stereocenters. The number of carbonyl (C=O) groups is 2. The lowest BCUT2D eigenvalue weighted by Gasteiger charge is -2.16. The molecule has 4 rings (SSSR count). The first-order chi connectivity index (χ1) is 16.4. The second-order valence-corrected chi connectivity index (χ2v) is 8.94. The second kappa shape index (κ2) is 9.96. The molecule has 1 aliphatic rings. The molecule has 0 saturated heterocycles. The highest BCUT2D eigenvalue weighted by atomic mass is 16.5. The van der Waals surface area contributed by atoms with Crippen LogP contribution in [0, 0.1) is 12.8 Å². The molecule has 3 aromatic carbocycles. The number of hydrogen-bond donors (Lipinski definition) is 1. The van der Waals surface area contributed by atoms with Gasteiger partial charge in [0.15, 0.2) is 0 Å². The van der Waals surface area contributed by atoms with Crippen LogP contribution in [-0.2, 0) is 16.0 Å². The Morgan fingerprint density at radius 2 is 1.50 bits per heavy atom. The van der Waals surface area contributed by atoms with Gasteiger partial charge in [-0.25, -0.2) is 4.90 Å². The first-order valence-electron chi connectivity index (χ1n) is 11.7. The number of nitrogens with one attached hydrogen (secondary N) is 1. The van der Waals surface area contributed by atoms with Crippen LogP contribution in [0.3, 0.4) is 0 Å². The van der Waals surface area contributed by atoms with Crippen LogP contribution in [0.5, 0.6) is 5.75 Å². The van der Waals surface area contributed by atoms with Crippen LogP contribution >= 0.6 is 0 Å². The van der Waals surface area contributed by atoms with Crippen LogP contribution in [-0.4, -0.2) is 18.4 Å². The van der Waals surface area contributed by atoms with E-state index in [0.717, 1.165) is 17.7 Å². The van der Waals surface area contributed by atoms with Crippen molar-refractivity contribution in [1.82, 2.24) is 0 Å². The van der Waals surface area contributed by atoms with Crippen molar-refractivity contribution in [3.05, 3.63) is 95.2 Å². The molecule has 34 heavy (non-hydrogen) atoms. The van der Waals surface area contributed by atoms with Gasteiger partial charge in [0.2, 0.25) is 0 Å². The van der Waals surface area contributed by atoms with Crippen LogP contribution in [0.15, 0.2) is 78.5 Å². The zero-order valence-corrected chi connectivity index (χ0v) is 20.1. The minimum Gasteiger partial charge on any atom is -0.493 e. The average Bonchev–Trinajstić information content (AvgIpc) is 3.08. The summed E-state index contributed by atoms with van der Waals surface area (Å²) in [6, 6.07) is 22.6. The predicted octanol–water partition coefficient (Wildman–Crippen LogP) is 5.99. The molecule has 3 aromatic rings. The number of amides is 2. The highest BCUT2D eigenvalue weighted by Crippen LogP contribution is 2.34. The van der Waals surface area contributed by atoms with Gasteiger partial charge in [-0.2, -0.15) is 0 Å². The molecular formula is C29H30N2O3. The number of imide groups is 1. The number of carbonyl (C=O) groups excluding carboxylic acids is 2. The first kappa shape index (κ1) is 23.3. The Balaban J connectivity index is 1.68. The van der Waals surface area contributed by atoms with E-state index in [0.29, 0.717) is 35.1 Å². The second-order valence-electron chi connectivity index (χ2n) is 8.94. The maximum Gasteiger partial charge on any atom is 0.282 e. The highest BCUT2D eigenvalue weighted by Gasteiger charge is 2.40.